The highest BCUT2D eigenvalue weighted by Crippen LogP contribution is 2.27. The first kappa shape index (κ1) is 6.96. The molecule has 0 radical (unpaired) electrons. The predicted octanol–water partition coefficient (Wildman–Crippen LogP) is 0.370. The number of aliphatic hydroxyl groups is 1. The lowest BCUT2D eigenvalue weighted by Crippen LogP contribution is -2.39. The third kappa shape index (κ3) is 1.07. The van der Waals surface area contributed by atoms with Gasteiger partial charge in [-0.05, 0) is 19.9 Å². The first-order valence-electron chi connectivity index (χ1n) is 3.20. The van der Waals surface area contributed by atoms with Gasteiger partial charge in [0.25, 0.3) is 0 Å². The van der Waals surface area contributed by atoms with Crippen molar-refractivity contribution < 1.29 is 9.50 Å². The second-order valence-electron chi connectivity index (χ2n) is 2.60. The van der Waals surface area contributed by atoms with Gasteiger partial charge in [-0.3, -0.25) is 4.90 Å². The van der Waals surface area contributed by atoms with Gasteiger partial charge in [0, 0.05) is 6.54 Å². The van der Waals surface area contributed by atoms with Crippen molar-refractivity contribution in [2.45, 2.75) is 18.6 Å². The Morgan fingerprint density at radius 1 is 1.78 bits per heavy atom. The Bertz CT molecular complexity index is 109. The lowest BCUT2D eigenvalue weighted by molar-refractivity contribution is -0.0307. The Kier molecular flexibility index (Phi) is 1.73. The fourth-order valence-corrected chi connectivity index (χ4v) is 1.18. The number of alkyl halides is 1. The molecule has 1 rings (SSSR count). The van der Waals surface area contributed by atoms with Crippen LogP contribution in [0.1, 0.15) is 12.8 Å². The van der Waals surface area contributed by atoms with Gasteiger partial charge in [-0.25, -0.2) is 4.39 Å². The van der Waals surface area contributed by atoms with Crippen LogP contribution in [0.25, 0.3) is 0 Å². The molecule has 1 atom stereocenters. The van der Waals surface area contributed by atoms with Crippen molar-refractivity contribution >= 4 is 0 Å². The smallest absolute Gasteiger partial charge is 0.187 e. The van der Waals surface area contributed by atoms with E-state index in [0.717, 1.165) is 13.0 Å². The maximum atomic E-state index is 13.1. The minimum Gasteiger partial charge on any atom is -0.392 e. The quantitative estimate of drug-likeness (QED) is 0.522. The van der Waals surface area contributed by atoms with Gasteiger partial charge in [0.2, 0.25) is 0 Å². The van der Waals surface area contributed by atoms with Crippen LogP contribution in [-0.4, -0.2) is 36.0 Å². The van der Waals surface area contributed by atoms with Gasteiger partial charge >= 0.3 is 0 Å². The molecule has 0 aromatic carbocycles. The zero-order valence-corrected chi connectivity index (χ0v) is 5.60. The molecule has 1 fully saturated rings. The average Bonchev–Trinajstić information content (AvgIpc) is 2.15. The molecule has 0 aromatic heterocycles. The minimum absolute atomic E-state index is 0.372. The molecule has 1 unspecified atom stereocenters. The Morgan fingerprint density at radius 3 is 2.67 bits per heavy atom. The second kappa shape index (κ2) is 2.23. The number of nitrogens with zero attached hydrogens (tertiary/aromatic N) is 1. The molecular weight excluding hydrogens is 121 g/mol. The lowest BCUT2D eigenvalue weighted by atomic mass is 10.2. The van der Waals surface area contributed by atoms with Crippen molar-refractivity contribution in [2.24, 2.45) is 0 Å². The molecule has 1 aliphatic rings. The third-order valence-corrected chi connectivity index (χ3v) is 1.98. The molecule has 0 aliphatic carbocycles. The normalized spacial score (nSPS) is 37.7. The maximum absolute atomic E-state index is 13.1. The van der Waals surface area contributed by atoms with E-state index in [9.17, 15) is 4.39 Å². The Hall–Kier alpha value is -0.150. The summed E-state index contributed by atoms with van der Waals surface area (Å²) < 4.78 is 13.1. The number of halogens is 1. The van der Waals surface area contributed by atoms with E-state index in [-0.39, 0.29) is 6.61 Å². The number of likely N-dealkylation sites (N-methyl/N-ethyl adjacent to an activating group) is 1. The van der Waals surface area contributed by atoms with Crippen molar-refractivity contribution in [2.75, 3.05) is 20.2 Å². The van der Waals surface area contributed by atoms with Crippen LogP contribution < -0.4 is 0 Å². The molecule has 9 heavy (non-hydrogen) atoms. The van der Waals surface area contributed by atoms with Crippen LogP contribution in [0.4, 0.5) is 4.39 Å². The minimum atomic E-state index is -1.42. The summed E-state index contributed by atoms with van der Waals surface area (Å²) in [6, 6.07) is 0. The summed E-state index contributed by atoms with van der Waals surface area (Å²) in [4.78, 5) is 1.56. The van der Waals surface area contributed by atoms with Crippen molar-refractivity contribution in [3.8, 4) is 0 Å². The van der Waals surface area contributed by atoms with Gasteiger partial charge < -0.3 is 5.11 Å². The molecule has 0 saturated carbocycles. The van der Waals surface area contributed by atoms with Gasteiger partial charge in [0.15, 0.2) is 5.79 Å². The summed E-state index contributed by atoms with van der Waals surface area (Å²) in [5.41, 5.74) is 0. The molecular formula is C6H12FNO. The number of rotatable bonds is 1. The van der Waals surface area contributed by atoms with Crippen LogP contribution in [0.5, 0.6) is 0 Å². The first-order valence-corrected chi connectivity index (χ1v) is 3.20. The predicted molar refractivity (Wildman–Crippen MR) is 32.8 cm³/mol. The topological polar surface area (TPSA) is 23.5 Å². The average molecular weight is 133 g/mol. The molecule has 3 heteroatoms. The van der Waals surface area contributed by atoms with E-state index in [1.54, 1.807) is 11.9 Å². The molecule has 0 spiro atoms. The molecule has 1 heterocycles. The van der Waals surface area contributed by atoms with Crippen LogP contribution in [-0.2, 0) is 0 Å². The second-order valence-corrected chi connectivity index (χ2v) is 2.60. The van der Waals surface area contributed by atoms with Gasteiger partial charge in [0.1, 0.15) is 0 Å². The molecule has 1 N–H and O–H groups in total. The summed E-state index contributed by atoms with van der Waals surface area (Å²) in [7, 11) is 1.70. The highest BCUT2D eigenvalue weighted by atomic mass is 19.1. The summed E-state index contributed by atoms with van der Waals surface area (Å²) in [6.07, 6.45) is 1.33. The van der Waals surface area contributed by atoms with E-state index in [4.69, 9.17) is 5.11 Å². The summed E-state index contributed by atoms with van der Waals surface area (Å²) >= 11 is 0. The van der Waals surface area contributed by atoms with E-state index in [1.165, 1.54) is 0 Å². The van der Waals surface area contributed by atoms with Gasteiger partial charge in [-0.1, -0.05) is 0 Å². The van der Waals surface area contributed by atoms with Crippen LogP contribution in [0.3, 0.4) is 0 Å². The van der Waals surface area contributed by atoms with Crippen molar-refractivity contribution in [3.63, 3.8) is 0 Å². The fourth-order valence-electron chi connectivity index (χ4n) is 1.18. The zero-order valence-electron chi connectivity index (χ0n) is 5.60. The Labute approximate surface area is 54.3 Å². The molecule has 0 bridgehead atoms. The monoisotopic (exact) mass is 133 g/mol. The number of hydrogen-bond donors (Lipinski definition) is 1. The van der Waals surface area contributed by atoms with E-state index >= 15 is 0 Å². The number of hydrogen-bond acceptors (Lipinski definition) is 2. The molecule has 1 aliphatic heterocycles. The van der Waals surface area contributed by atoms with Gasteiger partial charge in [-0.15, -0.1) is 0 Å². The van der Waals surface area contributed by atoms with Crippen LogP contribution in [0, 0.1) is 0 Å². The maximum Gasteiger partial charge on any atom is 0.187 e. The summed E-state index contributed by atoms with van der Waals surface area (Å²) in [5, 5.41) is 8.58. The van der Waals surface area contributed by atoms with Crippen LogP contribution in [0.15, 0.2) is 0 Å². The molecule has 54 valence electrons. The van der Waals surface area contributed by atoms with E-state index in [0.29, 0.717) is 6.42 Å². The lowest BCUT2D eigenvalue weighted by Gasteiger charge is -2.24. The molecule has 0 amide bonds. The van der Waals surface area contributed by atoms with Gasteiger partial charge in [-0.2, -0.15) is 0 Å². The molecule has 0 aromatic rings. The summed E-state index contributed by atoms with van der Waals surface area (Å²) in [6.45, 7) is 0.389. The first-order chi connectivity index (χ1) is 4.19. The van der Waals surface area contributed by atoms with Gasteiger partial charge in [0.05, 0.1) is 6.61 Å². The van der Waals surface area contributed by atoms with Crippen LogP contribution >= 0.6 is 0 Å². The van der Waals surface area contributed by atoms with Crippen molar-refractivity contribution in [1.82, 2.24) is 4.90 Å². The Balaban J connectivity index is 2.56. The summed E-state index contributed by atoms with van der Waals surface area (Å²) in [5.74, 6) is -1.42. The molecule has 1 saturated heterocycles. The van der Waals surface area contributed by atoms with Crippen molar-refractivity contribution in [3.05, 3.63) is 0 Å². The van der Waals surface area contributed by atoms with E-state index in [2.05, 4.69) is 0 Å². The van der Waals surface area contributed by atoms with E-state index in [1.807, 2.05) is 0 Å². The zero-order chi connectivity index (χ0) is 6.91. The fraction of sp³-hybridized carbons (Fsp3) is 1.00. The van der Waals surface area contributed by atoms with Crippen molar-refractivity contribution in [1.29, 1.82) is 0 Å². The Morgan fingerprint density at radius 2 is 2.44 bits per heavy atom. The molecule has 2 nitrogen and oxygen atoms in total. The number of aliphatic hydroxyl groups excluding tert-OH is 1. The van der Waals surface area contributed by atoms with Crippen LogP contribution in [0.2, 0.25) is 0 Å². The SMILES string of the molecule is CN1CCCC1(F)CO. The highest BCUT2D eigenvalue weighted by molar-refractivity contribution is 4.83. The highest BCUT2D eigenvalue weighted by Gasteiger charge is 2.37. The number of likely N-dealkylation sites (tertiary alicyclic amines) is 1. The largest absolute Gasteiger partial charge is 0.392 e. The third-order valence-electron chi connectivity index (χ3n) is 1.98. The standard InChI is InChI=1S/C6H12FNO/c1-8-4-2-3-6(8,7)5-9/h9H,2-5H2,1H3. The van der Waals surface area contributed by atoms with E-state index < -0.39 is 5.79 Å².